The van der Waals surface area contributed by atoms with Gasteiger partial charge < -0.3 is 4.90 Å². The highest BCUT2D eigenvalue weighted by atomic mass is 15.2. The lowest BCUT2D eigenvalue weighted by Gasteiger charge is -2.22. The molecule has 0 saturated carbocycles. The van der Waals surface area contributed by atoms with E-state index in [1.807, 2.05) is 13.8 Å². The molecule has 0 bridgehead atoms. The molecule has 0 spiro atoms. The van der Waals surface area contributed by atoms with Crippen LogP contribution in [0.3, 0.4) is 0 Å². The quantitative estimate of drug-likeness (QED) is 0.586. The summed E-state index contributed by atoms with van der Waals surface area (Å²) >= 11 is 0. The van der Waals surface area contributed by atoms with Crippen LogP contribution in [0.2, 0.25) is 0 Å². The van der Waals surface area contributed by atoms with E-state index in [2.05, 4.69) is 32.7 Å². The minimum absolute atomic E-state index is 0.829. The van der Waals surface area contributed by atoms with Gasteiger partial charge in [-0.15, -0.1) is 0 Å². The van der Waals surface area contributed by atoms with Gasteiger partial charge in [0.25, 0.3) is 0 Å². The molecule has 0 amide bonds. The number of nitrogens with zero attached hydrogens (tertiary/aromatic N) is 1. The van der Waals surface area contributed by atoms with Gasteiger partial charge in [0.05, 0.1) is 0 Å². The maximum Gasteiger partial charge on any atom is 0.0118 e. The molecule has 1 nitrogen and oxygen atoms in total. The average molecular weight is 171 g/mol. The Morgan fingerprint density at radius 3 is 1.92 bits per heavy atom. The first-order valence-corrected chi connectivity index (χ1v) is 5.31. The molecule has 1 aliphatic rings. The van der Waals surface area contributed by atoms with Gasteiger partial charge in [0.2, 0.25) is 0 Å². The van der Waals surface area contributed by atoms with Gasteiger partial charge in [-0.05, 0) is 25.3 Å². The molecule has 1 saturated heterocycles. The maximum atomic E-state index is 2.50. The van der Waals surface area contributed by atoms with Crippen molar-refractivity contribution in [3.05, 3.63) is 0 Å². The van der Waals surface area contributed by atoms with E-state index in [0.717, 1.165) is 17.9 Å². The van der Waals surface area contributed by atoms with E-state index in [1.165, 1.54) is 13.0 Å². The predicted octanol–water partition coefficient (Wildman–Crippen LogP) is 3.01. The van der Waals surface area contributed by atoms with Crippen molar-refractivity contribution >= 4 is 0 Å². The smallest absolute Gasteiger partial charge is 0.0118 e. The Morgan fingerprint density at radius 2 is 1.75 bits per heavy atom. The van der Waals surface area contributed by atoms with Crippen LogP contribution < -0.4 is 0 Å². The topological polar surface area (TPSA) is 3.24 Å². The average Bonchev–Trinajstić information content (AvgIpc) is 2.34. The van der Waals surface area contributed by atoms with Crippen LogP contribution in [0.25, 0.3) is 0 Å². The number of hydrogen-bond acceptors (Lipinski definition) is 1. The SMILES string of the molecule is CC.CC1CC(C(C)C)N(C)C1. The summed E-state index contributed by atoms with van der Waals surface area (Å²) in [7, 11) is 2.24. The molecule has 0 aromatic carbocycles. The van der Waals surface area contributed by atoms with Crippen LogP contribution in [0.1, 0.15) is 41.0 Å². The lowest BCUT2D eigenvalue weighted by molar-refractivity contribution is 0.250. The van der Waals surface area contributed by atoms with Gasteiger partial charge in [0, 0.05) is 12.6 Å². The molecule has 1 heterocycles. The molecule has 0 radical (unpaired) electrons. The molecule has 1 rings (SSSR count). The fraction of sp³-hybridized carbons (Fsp3) is 1.00. The first kappa shape index (κ1) is 12.0. The molecule has 0 aromatic rings. The Hall–Kier alpha value is -0.0400. The summed E-state index contributed by atoms with van der Waals surface area (Å²) in [6.07, 6.45) is 1.40. The highest BCUT2D eigenvalue weighted by Crippen LogP contribution is 2.25. The van der Waals surface area contributed by atoms with Crippen molar-refractivity contribution in [1.29, 1.82) is 0 Å². The van der Waals surface area contributed by atoms with Crippen LogP contribution in [-0.4, -0.2) is 24.5 Å². The Morgan fingerprint density at radius 1 is 1.25 bits per heavy atom. The zero-order chi connectivity index (χ0) is 9.72. The third-order valence-corrected chi connectivity index (χ3v) is 2.58. The molecule has 2 unspecified atom stereocenters. The molecule has 1 fully saturated rings. The van der Waals surface area contributed by atoms with Crippen molar-refractivity contribution < 1.29 is 0 Å². The molecule has 1 aliphatic heterocycles. The minimum Gasteiger partial charge on any atom is -0.303 e. The number of hydrogen-bond donors (Lipinski definition) is 0. The van der Waals surface area contributed by atoms with Crippen LogP contribution in [0, 0.1) is 11.8 Å². The van der Waals surface area contributed by atoms with Crippen molar-refractivity contribution in [1.82, 2.24) is 4.90 Å². The summed E-state index contributed by atoms with van der Waals surface area (Å²) in [5.74, 6) is 1.74. The van der Waals surface area contributed by atoms with Crippen LogP contribution in [0.4, 0.5) is 0 Å². The van der Waals surface area contributed by atoms with E-state index in [0.29, 0.717) is 0 Å². The summed E-state index contributed by atoms with van der Waals surface area (Å²) < 4.78 is 0. The van der Waals surface area contributed by atoms with E-state index in [-0.39, 0.29) is 0 Å². The van der Waals surface area contributed by atoms with E-state index in [4.69, 9.17) is 0 Å². The summed E-state index contributed by atoms with van der Waals surface area (Å²) in [5.41, 5.74) is 0. The second-order valence-electron chi connectivity index (χ2n) is 4.09. The van der Waals surface area contributed by atoms with Crippen molar-refractivity contribution in [2.75, 3.05) is 13.6 Å². The summed E-state index contributed by atoms with van der Waals surface area (Å²) in [4.78, 5) is 2.50. The largest absolute Gasteiger partial charge is 0.303 e. The molecule has 0 N–H and O–H groups in total. The van der Waals surface area contributed by atoms with Crippen LogP contribution in [-0.2, 0) is 0 Å². The maximum absolute atomic E-state index is 2.50. The fourth-order valence-electron chi connectivity index (χ4n) is 2.07. The Bertz CT molecular complexity index is 110. The van der Waals surface area contributed by atoms with E-state index >= 15 is 0 Å². The first-order chi connectivity index (χ1) is 5.61. The molecule has 0 aliphatic carbocycles. The number of rotatable bonds is 1. The van der Waals surface area contributed by atoms with Gasteiger partial charge in [-0.25, -0.2) is 0 Å². The molecular weight excluding hydrogens is 146 g/mol. The lowest BCUT2D eigenvalue weighted by atomic mass is 9.99. The number of likely N-dealkylation sites (tertiary alicyclic amines) is 1. The predicted molar refractivity (Wildman–Crippen MR) is 56.4 cm³/mol. The Kier molecular flexibility index (Phi) is 5.56. The molecular formula is C11H25N. The summed E-state index contributed by atoms with van der Waals surface area (Å²) in [6, 6.07) is 0.843. The van der Waals surface area contributed by atoms with Crippen LogP contribution >= 0.6 is 0 Å². The van der Waals surface area contributed by atoms with Gasteiger partial charge in [0.15, 0.2) is 0 Å². The third-order valence-electron chi connectivity index (χ3n) is 2.58. The molecule has 12 heavy (non-hydrogen) atoms. The van der Waals surface area contributed by atoms with Gasteiger partial charge in [-0.3, -0.25) is 0 Å². The zero-order valence-corrected chi connectivity index (χ0v) is 9.59. The van der Waals surface area contributed by atoms with Crippen molar-refractivity contribution in [3.63, 3.8) is 0 Å². The molecule has 0 aromatic heterocycles. The summed E-state index contributed by atoms with van der Waals surface area (Å²) in [6.45, 7) is 12.3. The standard InChI is InChI=1S/C9H19N.C2H6/c1-7(2)9-5-8(3)6-10(9)4;1-2/h7-9H,5-6H2,1-4H3;1-2H3. The lowest BCUT2D eigenvalue weighted by Crippen LogP contribution is -2.29. The van der Waals surface area contributed by atoms with Gasteiger partial charge in [-0.1, -0.05) is 34.6 Å². The van der Waals surface area contributed by atoms with Crippen LogP contribution in [0.5, 0.6) is 0 Å². The Labute approximate surface area is 78.1 Å². The van der Waals surface area contributed by atoms with Crippen molar-refractivity contribution in [2.24, 2.45) is 11.8 Å². The van der Waals surface area contributed by atoms with Crippen molar-refractivity contribution in [3.8, 4) is 0 Å². The van der Waals surface area contributed by atoms with Crippen molar-refractivity contribution in [2.45, 2.75) is 47.1 Å². The minimum atomic E-state index is 0.829. The van der Waals surface area contributed by atoms with E-state index in [1.54, 1.807) is 0 Å². The first-order valence-electron chi connectivity index (χ1n) is 5.31. The van der Waals surface area contributed by atoms with Crippen LogP contribution in [0.15, 0.2) is 0 Å². The van der Waals surface area contributed by atoms with Gasteiger partial charge >= 0.3 is 0 Å². The molecule has 74 valence electrons. The monoisotopic (exact) mass is 171 g/mol. The van der Waals surface area contributed by atoms with Gasteiger partial charge in [0.1, 0.15) is 0 Å². The Balaban J connectivity index is 0.000000561. The van der Waals surface area contributed by atoms with E-state index in [9.17, 15) is 0 Å². The fourth-order valence-corrected chi connectivity index (χ4v) is 2.07. The summed E-state index contributed by atoms with van der Waals surface area (Å²) in [5, 5.41) is 0. The second kappa shape index (κ2) is 5.58. The second-order valence-corrected chi connectivity index (χ2v) is 4.09. The normalized spacial score (nSPS) is 30.2. The van der Waals surface area contributed by atoms with E-state index < -0.39 is 0 Å². The molecule has 1 heteroatoms. The molecule has 2 atom stereocenters. The zero-order valence-electron chi connectivity index (χ0n) is 9.59. The third kappa shape index (κ3) is 3.14. The van der Waals surface area contributed by atoms with Gasteiger partial charge in [-0.2, -0.15) is 0 Å². The highest BCUT2D eigenvalue weighted by molar-refractivity contribution is 4.82. The highest BCUT2D eigenvalue weighted by Gasteiger charge is 2.28.